The Bertz CT molecular complexity index is 728. The summed E-state index contributed by atoms with van der Waals surface area (Å²) in [6.07, 6.45) is 1.51. The molecule has 3 rings (SSSR count). The van der Waals surface area contributed by atoms with Crippen molar-refractivity contribution in [2.45, 2.75) is 0 Å². The number of carbonyl (C=O) groups is 1. The maximum Gasteiger partial charge on any atom is 0.419 e. The van der Waals surface area contributed by atoms with Crippen LogP contribution in [0, 0.1) is 11.3 Å². The number of nitrogens with zero attached hydrogens (tertiary/aromatic N) is 2. The molecule has 0 aromatic heterocycles. The van der Waals surface area contributed by atoms with Crippen molar-refractivity contribution in [2.75, 3.05) is 11.5 Å². The van der Waals surface area contributed by atoms with E-state index in [4.69, 9.17) is 10.00 Å². The van der Waals surface area contributed by atoms with Gasteiger partial charge < -0.3 is 4.74 Å². The molecule has 0 spiro atoms. The third-order valence-electron chi connectivity index (χ3n) is 3.20. The smallest absolute Gasteiger partial charge is 0.419 e. The summed E-state index contributed by atoms with van der Waals surface area (Å²) in [5.74, 6) is 0. The number of nitriles is 1. The number of hydrogen-bond donors (Lipinski definition) is 0. The third-order valence-corrected chi connectivity index (χ3v) is 3.20. The van der Waals surface area contributed by atoms with E-state index in [0.29, 0.717) is 5.56 Å². The van der Waals surface area contributed by atoms with Gasteiger partial charge in [-0.05, 0) is 35.9 Å². The minimum absolute atomic E-state index is 0.244. The Morgan fingerprint density at radius 2 is 1.81 bits per heavy atom. The highest BCUT2D eigenvalue weighted by Crippen LogP contribution is 2.26. The Hall–Kier alpha value is -3.06. The predicted molar refractivity (Wildman–Crippen MR) is 79.4 cm³/mol. The highest BCUT2D eigenvalue weighted by Gasteiger charge is 2.28. The van der Waals surface area contributed by atoms with Crippen LogP contribution in [0.1, 0.15) is 11.1 Å². The molecule has 1 fully saturated rings. The lowest BCUT2D eigenvalue weighted by Gasteiger charge is -2.14. The van der Waals surface area contributed by atoms with E-state index < -0.39 is 0 Å². The van der Waals surface area contributed by atoms with E-state index in [9.17, 15) is 4.79 Å². The molecular weight excluding hydrogens is 264 g/mol. The van der Waals surface area contributed by atoms with E-state index in [-0.39, 0.29) is 12.7 Å². The number of benzene rings is 2. The number of carbonyl (C=O) groups excluding carboxylic acids is 1. The van der Waals surface area contributed by atoms with E-state index in [1.807, 2.05) is 48.5 Å². The molecule has 0 saturated carbocycles. The molecule has 0 bridgehead atoms. The molecule has 0 unspecified atom stereocenters. The first-order valence-corrected chi connectivity index (χ1v) is 6.50. The average molecular weight is 276 g/mol. The van der Waals surface area contributed by atoms with Gasteiger partial charge in [0.2, 0.25) is 0 Å². The summed E-state index contributed by atoms with van der Waals surface area (Å²) in [6, 6.07) is 18.6. The first kappa shape index (κ1) is 12.9. The van der Waals surface area contributed by atoms with Gasteiger partial charge in [0.15, 0.2) is 0 Å². The van der Waals surface area contributed by atoms with Gasteiger partial charge in [0.25, 0.3) is 0 Å². The Balaban J connectivity index is 1.94. The van der Waals surface area contributed by atoms with Crippen molar-refractivity contribution in [3.8, 4) is 6.07 Å². The number of cyclic esters (lactones) is 1. The maximum atomic E-state index is 11.9. The van der Waals surface area contributed by atoms with Crippen LogP contribution in [0.2, 0.25) is 0 Å². The Kier molecular flexibility index (Phi) is 3.40. The molecule has 0 aliphatic carbocycles. The van der Waals surface area contributed by atoms with Crippen molar-refractivity contribution in [2.24, 2.45) is 0 Å². The van der Waals surface area contributed by atoms with Gasteiger partial charge in [-0.2, -0.15) is 5.26 Å². The molecule has 1 heterocycles. The lowest BCUT2D eigenvalue weighted by molar-refractivity contribution is 0.182. The second-order valence-electron chi connectivity index (χ2n) is 4.60. The van der Waals surface area contributed by atoms with Crippen LogP contribution in [-0.2, 0) is 4.74 Å². The van der Waals surface area contributed by atoms with Gasteiger partial charge in [0.05, 0.1) is 23.0 Å². The van der Waals surface area contributed by atoms with Gasteiger partial charge >= 0.3 is 6.09 Å². The number of rotatable bonds is 2. The van der Waals surface area contributed by atoms with E-state index in [0.717, 1.165) is 16.9 Å². The molecule has 4 nitrogen and oxygen atoms in total. The fraction of sp³-hybridized carbons (Fsp3) is 0.0588. The topological polar surface area (TPSA) is 53.3 Å². The molecule has 4 heteroatoms. The monoisotopic (exact) mass is 276 g/mol. The highest BCUT2D eigenvalue weighted by atomic mass is 16.6. The SMILES string of the molecule is N#Cc1ccc(/C=C2/COC(=O)N2c2ccccc2)cc1. The van der Waals surface area contributed by atoms with Crippen LogP contribution in [0.3, 0.4) is 0 Å². The summed E-state index contributed by atoms with van der Waals surface area (Å²) in [7, 11) is 0. The zero-order chi connectivity index (χ0) is 14.7. The summed E-state index contributed by atoms with van der Waals surface area (Å²) in [6.45, 7) is 0.244. The summed E-state index contributed by atoms with van der Waals surface area (Å²) in [5, 5.41) is 8.80. The maximum absolute atomic E-state index is 11.9. The van der Waals surface area contributed by atoms with Crippen LogP contribution in [-0.4, -0.2) is 12.7 Å². The molecule has 0 radical (unpaired) electrons. The second kappa shape index (κ2) is 5.51. The van der Waals surface area contributed by atoms with Crippen molar-refractivity contribution in [1.82, 2.24) is 0 Å². The Labute approximate surface area is 122 Å². The summed E-state index contributed by atoms with van der Waals surface area (Å²) in [5.41, 5.74) is 3.08. The molecule has 21 heavy (non-hydrogen) atoms. The fourth-order valence-electron chi connectivity index (χ4n) is 2.18. The number of amides is 1. The molecule has 2 aromatic rings. The van der Waals surface area contributed by atoms with E-state index in [1.54, 1.807) is 17.0 Å². The molecule has 102 valence electrons. The van der Waals surface area contributed by atoms with Crippen LogP contribution in [0.25, 0.3) is 6.08 Å². The molecule has 1 amide bonds. The lowest BCUT2D eigenvalue weighted by atomic mass is 10.1. The molecule has 0 atom stereocenters. The van der Waals surface area contributed by atoms with Crippen LogP contribution >= 0.6 is 0 Å². The van der Waals surface area contributed by atoms with Crippen LogP contribution in [0.5, 0.6) is 0 Å². The van der Waals surface area contributed by atoms with Crippen molar-refractivity contribution >= 4 is 17.9 Å². The zero-order valence-corrected chi connectivity index (χ0v) is 11.2. The molecule has 0 N–H and O–H groups in total. The third kappa shape index (κ3) is 2.63. The van der Waals surface area contributed by atoms with Gasteiger partial charge in [-0.25, -0.2) is 9.69 Å². The first-order chi connectivity index (χ1) is 10.3. The largest absolute Gasteiger partial charge is 0.442 e. The van der Waals surface area contributed by atoms with E-state index >= 15 is 0 Å². The zero-order valence-electron chi connectivity index (χ0n) is 11.2. The second-order valence-corrected chi connectivity index (χ2v) is 4.60. The number of ether oxygens (including phenoxy) is 1. The summed E-state index contributed by atoms with van der Waals surface area (Å²) in [4.78, 5) is 13.4. The molecule has 1 aliphatic heterocycles. The van der Waals surface area contributed by atoms with E-state index in [2.05, 4.69) is 6.07 Å². The van der Waals surface area contributed by atoms with E-state index in [1.165, 1.54) is 0 Å². The van der Waals surface area contributed by atoms with Crippen molar-refractivity contribution < 1.29 is 9.53 Å². The highest BCUT2D eigenvalue weighted by molar-refractivity contribution is 5.95. The van der Waals surface area contributed by atoms with Gasteiger partial charge in [-0.15, -0.1) is 0 Å². The van der Waals surface area contributed by atoms with Crippen molar-refractivity contribution in [3.05, 3.63) is 71.4 Å². The van der Waals surface area contributed by atoms with Crippen LogP contribution in [0.4, 0.5) is 10.5 Å². The van der Waals surface area contributed by atoms with Crippen molar-refractivity contribution in [1.29, 1.82) is 5.26 Å². The molecule has 2 aromatic carbocycles. The number of hydrogen-bond acceptors (Lipinski definition) is 3. The minimum atomic E-state index is -0.374. The summed E-state index contributed by atoms with van der Waals surface area (Å²) < 4.78 is 5.12. The fourth-order valence-corrected chi connectivity index (χ4v) is 2.18. The predicted octanol–water partition coefficient (Wildman–Crippen LogP) is 3.56. The molecular formula is C17H12N2O2. The van der Waals surface area contributed by atoms with Gasteiger partial charge in [-0.1, -0.05) is 30.3 Å². The minimum Gasteiger partial charge on any atom is -0.442 e. The van der Waals surface area contributed by atoms with Gasteiger partial charge in [0, 0.05) is 0 Å². The number of anilines is 1. The summed E-state index contributed by atoms with van der Waals surface area (Å²) >= 11 is 0. The first-order valence-electron chi connectivity index (χ1n) is 6.50. The Morgan fingerprint density at radius 3 is 2.48 bits per heavy atom. The lowest BCUT2D eigenvalue weighted by Crippen LogP contribution is -2.21. The normalized spacial score (nSPS) is 15.9. The molecule has 1 saturated heterocycles. The van der Waals surface area contributed by atoms with Gasteiger partial charge in [0.1, 0.15) is 6.61 Å². The van der Waals surface area contributed by atoms with Crippen molar-refractivity contribution in [3.63, 3.8) is 0 Å². The average Bonchev–Trinajstić information content (AvgIpc) is 2.89. The van der Waals surface area contributed by atoms with Crippen LogP contribution < -0.4 is 4.90 Å². The Morgan fingerprint density at radius 1 is 1.10 bits per heavy atom. The van der Waals surface area contributed by atoms with Gasteiger partial charge in [-0.3, -0.25) is 0 Å². The quantitative estimate of drug-likeness (QED) is 0.842. The van der Waals surface area contributed by atoms with Crippen LogP contribution in [0.15, 0.2) is 60.3 Å². The number of para-hydroxylation sites is 1. The standard InChI is InChI=1S/C17H12N2O2/c18-11-14-8-6-13(7-9-14)10-16-12-21-17(20)19(16)15-4-2-1-3-5-15/h1-10H,12H2/b16-10-. The molecule has 1 aliphatic rings.